The summed E-state index contributed by atoms with van der Waals surface area (Å²) in [7, 11) is 0. The van der Waals surface area contributed by atoms with Crippen molar-refractivity contribution in [3.63, 3.8) is 0 Å². The molecule has 1 saturated carbocycles. The Balaban J connectivity index is 1.74. The van der Waals surface area contributed by atoms with Crippen LogP contribution in [0.3, 0.4) is 0 Å². The molecule has 0 unspecified atom stereocenters. The minimum absolute atomic E-state index is 0.298. The Hall–Kier alpha value is -1.78. The number of carbonyl (C=O) groups excluding carboxylic acids is 1. The van der Waals surface area contributed by atoms with E-state index in [1.165, 1.54) is 12.8 Å². The number of aromatic nitrogens is 1. The molecule has 0 atom stereocenters. The molecular formula is C15H13Cl2N3O. The molecule has 0 saturated heterocycles. The quantitative estimate of drug-likeness (QED) is 0.886. The first-order valence-electron chi connectivity index (χ1n) is 6.60. The van der Waals surface area contributed by atoms with Crippen LogP contribution in [-0.4, -0.2) is 16.9 Å². The zero-order valence-electron chi connectivity index (χ0n) is 11.1. The van der Waals surface area contributed by atoms with Gasteiger partial charge in [0.05, 0.1) is 0 Å². The normalized spacial score (nSPS) is 13.8. The summed E-state index contributed by atoms with van der Waals surface area (Å²) in [5.74, 6) is -0.298. The molecular weight excluding hydrogens is 309 g/mol. The third-order valence-corrected chi connectivity index (χ3v) is 3.50. The van der Waals surface area contributed by atoms with Gasteiger partial charge in [0.2, 0.25) is 0 Å². The minimum atomic E-state index is -0.298. The van der Waals surface area contributed by atoms with Crippen LogP contribution in [0, 0.1) is 0 Å². The molecule has 4 nitrogen and oxygen atoms in total. The van der Waals surface area contributed by atoms with Crippen LogP contribution < -0.4 is 10.6 Å². The zero-order valence-corrected chi connectivity index (χ0v) is 12.6. The predicted molar refractivity (Wildman–Crippen MR) is 85.3 cm³/mol. The molecule has 21 heavy (non-hydrogen) atoms. The lowest BCUT2D eigenvalue weighted by Gasteiger charge is -2.08. The van der Waals surface area contributed by atoms with Crippen LogP contribution >= 0.6 is 23.2 Å². The van der Waals surface area contributed by atoms with E-state index in [0.29, 0.717) is 27.5 Å². The van der Waals surface area contributed by atoms with Crippen molar-refractivity contribution in [1.82, 2.24) is 4.98 Å². The van der Waals surface area contributed by atoms with Crippen molar-refractivity contribution in [3.05, 3.63) is 52.3 Å². The molecule has 108 valence electrons. The molecule has 1 amide bonds. The lowest BCUT2D eigenvalue weighted by Crippen LogP contribution is -2.14. The third-order valence-electron chi connectivity index (χ3n) is 3.06. The maximum atomic E-state index is 12.2. The Morgan fingerprint density at radius 1 is 1.10 bits per heavy atom. The van der Waals surface area contributed by atoms with Gasteiger partial charge in [-0.1, -0.05) is 23.2 Å². The SMILES string of the molecule is O=C(Nc1cc(Cl)cc(Cl)c1)c1cc(NC2CC2)ccn1. The number of rotatable bonds is 4. The number of anilines is 2. The van der Waals surface area contributed by atoms with E-state index in [1.54, 1.807) is 30.5 Å². The van der Waals surface area contributed by atoms with Crippen molar-refractivity contribution >= 4 is 40.5 Å². The highest BCUT2D eigenvalue weighted by atomic mass is 35.5. The van der Waals surface area contributed by atoms with Crippen LogP contribution in [0.15, 0.2) is 36.5 Å². The van der Waals surface area contributed by atoms with Crippen molar-refractivity contribution in [2.24, 2.45) is 0 Å². The molecule has 1 aromatic carbocycles. The number of halogens is 2. The van der Waals surface area contributed by atoms with Gasteiger partial charge in [0.1, 0.15) is 5.69 Å². The van der Waals surface area contributed by atoms with Gasteiger partial charge in [-0.2, -0.15) is 0 Å². The number of nitrogens with zero attached hydrogens (tertiary/aromatic N) is 1. The summed E-state index contributed by atoms with van der Waals surface area (Å²) in [5, 5.41) is 7.00. The van der Waals surface area contributed by atoms with Gasteiger partial charge < -0.3 is 10.6 Å². The molecule has 1 aromatic heterocycles. The predicted octanol–water partition coefficient (Wildman–Crippen LogP) is 4.22. The fourth-order valence-corrected chi connectivity index (χ4v) is 2.46. The minimum Gasteiger partial charge on any atom is -0.382 e. The second-order valence-electron chi connectivity index (χ2n) is 4.96. The van der Waals surface area contributed by atoms with Crippen LogP contribution in [0.1, 0.15) is 23.3 Å². The molecule has 1 aliphatic carbocycles. The molecule has 1 aliphatic rings. The van der Waals surface area contributed by atoms with E-state index in [9.17, 15) is 4.79 Å². The van der Waals surface area contributed by atoms with Gasteiger partial charge in [0, 0.05) is 33.7 Å². The van der Waals surface area contributed by atoms with E-state index in [-0.39, 0.29) is 5.91 Å². The number of hydrogen-bond acceptors (Lipinski definition) is 3. The van der Waals surface area contributed by atoms with E-state index in [0.717, 1.165) is 5.69 Å². The van der Waals surface area contributed by atoms with Crippen molar-refractivity contribution in [2.45, 2.75) is 18.9 Å². The summed E-state index contributed by atoms with van der Waals surface area (Å²) < 4.78 is 0. The second kappa shape index (κ2) is 5.92. The van der Waals surface area contributed by atoms with Gasteiger partial charge >= 0.3 is 0 Å². The molecule has 3 rings (SSSR count). The van der Waals surface area contributed by atoms with Crippen molar-refractivity contribution in [2.75, 3.05) is 10.6 Å². The number of hydrogen-bond donors (Lipinski definition) is 2. The summed E-state index contributed by atoms with van der Waals surface area (Å²) in [6.45, 7) is 0. The first-order chi connectivity index (χ1) is 10.1. The lowest BCUT2D eigenvalue weighted by atomic mass is 10.2. The van der Waals surface area contributed by atoms with Crippen molar-refractivity contribution in [1.29, 1.82) is 0 Å². The Kier molecular flexibility index (Phi) is 3.99. The van der Waals surface area contributed by atoms with E-state index in [2.05, 4.69) is 15.6 Å². The van der Waals surface area contributed by atoms with Gasteiger partial charge in [-0.3, -0.25) is 9.78 Å². The third kappa shape index (κ3) is 3.86. The Morgan fingerprint density at radius 3 is 2.48 bits per heavy atom. The molecule has 0 bridgehead atoms. The number of amides is 1. The summed E-state index contributed by atoms with van der Waals surface area (Å²) in [4.78, 5) is 16.3. The van der Waals surface area contributed by atoms with Gasteiger partial charge in [-0.05, 0) is 43.2 Å². The molecule has 1 fully saturated rings. The largest absolute Gasteiger partial charge is 0.382 e. The van der Waals surface area contributed by atoms with Crippen LogP contribution in [-0.2, 0) is 0 Å². The van der Waals surface area contributed by atoms with Crippen LogP contribution in [0.2, 0.25) is 10.0 Å². The monoisotopic (exact) mass is 321 g/mol. The number of nitrogens with one attached hydrogen (secondary N) is 2. The molecule has 2 aromatic rings. The fourth-order valence-electron chi connectivity index (χ4n) is 1.93. The van der Waals surface area contributed by atoms with Gasteiger partial charge in [0.25, 0.3) is 5.91 Å². The molecule has 0 spiro atoms. The van der Waals surface area contributed by atoms with E-state index in [4.69, 9.17) is 23.2 Å². The van der Waals surface area contributed by atoms with Gasteiger partial charge in [0.15, 0.2) is 0 Å². The first kappa shape index (κ1) is 14.2. The molecule has 0 aliphatic heterocycles. The number of carbonyl (C=O) groups is 1. The van der Waals surface area contributed by atoms with Crippen LogP contribution in [0.4, 0.5) is 11.4 Å². The maximum absolute atomic E-state index is 12.2. The highest BCUT2D eigenvalue weighted by molar-refractivity contribution is 6.35. The number of benzene rings is 1. The zero-order chi connectivity index (χ0) is 14.8. The Bertz CT molecular complexity index is 666. The maximum Gasteiger partial charge on any atom is 0.274 e. The van der Waals surface area contributed by atoms with Crippen molar-refractivity contribution in [3.8, 4) is 0 Å². The summed E-state index contributed by atoms with van der Waals surface area (Å²) in [5.41, 5.74) is 1.79. The van der Waals surface area contributed by atoms with Crippen LogP contribution in [0.25, 0.3) is 0 Å². The van der Waals surface area contributed by atoms with E-state index < -0.39 is 0 Å². The molecule has 6 heteroatoms. The topological polar surface area (TPSA) is 54.0 Å². The summed E-state index contributed by atoms with van der Waals surface area (Å²) in [6.07, 6.45) is 3.96. The highest BCUT2D eigenvalue weighted by Crippen LogP contribution is 2.25. The van der Waals surface area contributed by atoms with E-state index in [1.807, 2.05) is 6.07 Å². The molecule has 1 heterocycles. The lowest BCUT2D eigenvalue weighted by molar-refractivity contribution is 0.102. The number of pyridine rings is 1. The smallest absolute Gasteiger partial charge is 0.274 e. The van der Waals surface area contributed by atoms with Gasteiger partial charge in [-0.25, -0.2) is 0 Å². The standard InChI is InChI=1S/C15H13Cl2N3O/c16-9-5-10(17)7-13(6-9)20-15(21)14-8-12(3-4-18-14)19-11-1-2-11/h3-8,11H,1-2H2,(H,18,19)(H,20,21). The first-order valence-corrected chi connectivity index (χ1v) is 7.36. The Morgan fingerprint density at radius 2 is 1.81 bits per heavy atom. The van der Waals surface area contributed by atoms with E-state index >= 15 is 0 Å². The van der Waals surface area contributed by atoms with Crippen molar-refractivity contribution < 1.29 is 4.79 Å². The summed E-state index contributed by atoms with van der Waals surface area (Å²) >= 11 is 11.8. The average molecular weight is 322 g/mol. The van der Waals surface area contributed by atoms with Gasteiger partial charge in [-0.15, -0.1) is 0 Å². The average Bonchev–Trinajstić information content (AvgIpc) is 3.21. The Labute approximate surface area is 132 Å². The molecule has 0 radical (unpaired) electrons. The second-order valence-corrected chi connectivity index (χ2v) is 5.83. The summed E-state index contributed by atoms with van der Waals surface area (Å²) in [6, 6.07) is 8.99. The van der Waals surface area contributed by atoms with Crippen LogP contribution in [0.5, 0.6) is 0 Å². The highest BCUT2D eigenvalue weighted by Gasteiger charge is 2.21. The fraction of sp³-hybridized carbons (Fsp3) is 0.200. The molecule has 2 N–H and O–H groups in total.